The Labute approximate surface area is 166 Å². The SMILES string of the molecule is CS(=O)(=O)N(CC(=O)Nc1ccc2c(c1)OCO2)Cc1ccc(Cl)c(Cl)c1. The number of nitrogens with zero attached hydrogens (tertiary/aromatic N) is 1. The average Bonchev–Trinajstić information content (AvgIpc) is 3.04. The topological polar surface area (TPSA) is 84.9 Å². The first-order chi connectivity index (χ1) is 12.7. The molecule has 0 aliphatic carbocycles. The van der Waals surface area contributed by atoms with E-state index in [4.69, 9.17) is 32.7 Å². The lowest BCUT2D eigenvalue weighted by Crippen LogP contribution is -2.36. The van der Waals surface area contributed by atoms with Gasteiger partial charge >= 0.3 is 0 Å². The van der Waals surface area contributed by atoms with Crippen molar-refractivity contribution in [1.82, 2.24) is 4.31 Å². The van der Waals surface area contributed by atoms with E-state index in [2.05, 4.69) is 5.32 Å². The number of carbonyl (C=O) groups is 1. The molecule has 1 amide bonds. The van der Waals surface area contributed by atoms with Gasteiger partial charge in [-0.05, 0) is 29.8 Å². The van der Waals surface area contributed by atoms with Gasteiger partial charge in [-0.3, -0.25) is 4.79 Å². The molecule has 144 valence electrons. The van der Waals surface area contributed by atoms with E-state index in [1.165, 1.54) is 0 Å². The highest BCUT2D eigenvalue weighted by Crippen LogP contribution is 2.34. The molecule has 27 heavy (non-hydrogen) atoms. The van der Waals surface area contributed by atoms with E-state index >= 15 is 0 Å². The minimum Gasteiger partial charge on any atom is -0.454 e. The molecule has 1 N–H and O–H groups in total. The van der Waals surface area contributed by atoms with Gasteiger partial charge in [0.05, 0.1) is 22.8 Å². The fraction of sp³-hybridized carbons (Fsp3) is 0.235. The summed E-state index contributed by atoms with van der Waals surface area (Å²) in [6.45, 7) is -0.240. The summed E-state index contributed by atoms with van der Waals surface area (Å²) in [5, 5.41) is 3.33. The van der Waals surface area contributed by atoms with E-state index < -0.39 is 15.9 Å². The Morgan fingerprint density at radius 3 is 2.56 bits per heavy atom. The molecule has 10 heteroatoms. The molecular formula is C17H16Cl2N2O5S. The van der Waals surface area contributed by atoms with Gasteiger partial charge in [-0.25, -0.2) is 8.42 Å². The molecule has 2 aromatic carbocycles. The van der Waals surface area contributed by atoms with Crippen LogP contribution in [0.2, 0.25) is 10.0 Å². The standard InChI is InChI=1S/C17H16Cl2N2O5S/c1-27(23,24)21(8-11-2-4-13(18)14(19)6-11)9-17(22)20-12-3-5-15-16(7-12)26-10-25-15/h2-7H,8-10H2,1H3,(H,20,22). The fourth-order valence-corrected chi connectivity index (χ4v) is 3.52. The van der Waals surface area contributed by atoms with Crippen LogP contribution in [0.5, 0.6) is 11.5 Å². The summed E-state index contributed by atoms with van der Waals surface area (Å²) in [6.07, 6.45) is 1.04. The van der Waals surface area contributed by atoms with E-state index in [0.29, 0.717) is 32.8 Å². The van der Waals surface area contributed by atoms with Gasteiger partial charge in [-0.1, -0.05) is 29.3 Å². The van der Waals surface area contributed by atoms with Crippen LogP contribution in [0, 0.1) is 0 Å². The number of amides is 1. The maximum absolute atomic E-state index is 12.3. The summed E-state index contributed by atoms with van der Waals surface area (Å²) in [5.74, 6) is 0.619. The third-order valence-corrected chi connectivity index (χ3v) is 5.72. The summed E-state index contributed by atoms with van der Waals surface area (Å²) >= 11 is 11.8. The summed E-state index contributed by atoms with van der Waals surface area (Å²) in [7, 11) is -3.63. The Morgan fingerprint density at radius 2 is 1.85 bits per heavy atom. The van der Waals surface area contributed by atoms with Gasteiger partial charge in [0.25, 0.3) is 0 Å². The van der Waals surface area contributed by atoms with Crippen molar-refractivity contribution in [2.24, 2.45) is 0 Å². The number of anilines is 1. The van der Waals surface area contributed by atoms with Crippen molar-refractivity contribution in [3.05, 3.63) is 52.0 Å². The zero-order valence-corrected chi connectivity index (χ0v) is 16.6. The Morgan fingerprint density at radius 1 is 1.11 bits per heavy atom. The fourth-order valence-electron chi connectivity index (χ4n) is 2.47. The number of hydrogen-bond acceptors (Lipinski definition) is 5. The lowest BCUT2D eigenvalue weighted by atomic mass is 10.2. The van der Waals surface area contributed by atoms with Crippen molar-refractivity contribution < 1.29 is 22.7 Å². The Balaban J connectivity index is 1.70. The van der Waals surface area contributed by atoms with Crippen LogP contribution in [0.1, 0.15) is 5.56 Å². The molecule has 2 aromatic rings. The molecule has 0 bridgehead atoms. The van der Waals surface area contributed by atoms with Crippen LogP contribution in [0.25, 0.3) is 0 Å². The van der Waals surface area contributed by atoms with Crippen molar-refractivity contribution in [1.29, 1.82) is 0 Å². The first-order valence-electron chi connectivity index (χ1n) is 7.81. The molecule has 0 saturated heterocycles. The number of nitrogens with one attached hydrogen (secondary N) is 1. The van der Waals surface area contributed by atoms with Crippen LogP contribution in [0.4, 0.5) is 5.69 Å². The molecular weight excluding hydrogens is 415 g/mol. The van der Waals surface area contributed by atoms with Crippen LogP contribution < -0.4 is 14.8 Å². The van der Waals surface area contributed by atoms with E-state index in [0.717, 1.165) is 10.6 Å². The summed E-state index contributed by atoms with van der Waals surface area (Å²) < 4.78 is 35.7. The van der Waals surface area contributed by atoms with Gasteiger partial charge in [0.1, 0.15) is 0 Å². The first kappa shape index (κ1) is 19.8. The monoisotopic (exact) mass is 430 g/mol. The Kier molecular flexibility index (Phi) is 5.81. The molecule has 0 unspecified atom stereocenters. The second-order valence-electron chi connectivity index (χ2n) is 5.90. The number of benzene rings is 2. The van der Waals surface area contributed by atoms with Crippen molar-refractivity contribution in [2.75, 3.05) is 24.9 Å². The zero-order chi connectivity index (χ0) is 19.6. The highest BCUT2D eigenvalue weighted by molar-refractivity contribution is 7.88. The smallest absolute Gasteiger partial charge is 0.239 e. The molecule has 7 nitrogen and oxygen atoms in total. The third-order valence-electron chi connectivity index (χ3n) is 3.79. The van der Waals surface area contributed by atoms with Crippen LogP contribution in [0.3, 0.4) is 0 Å². The molecule has 0 spiro atoms. The van der Waals surface area contributed by atoms with E-state index in [1.807, 2.05) is 0 Å². The molecule has 0 aromatic heterocycles. The number of halogens is 2. The lowest BCUT2D eigenvalue weighted by molar-refractivity contribution is -0.116. The summed E-state index contributed by atoms with van der Waals surface area (Å²) in [6, 6.07) is 9.73. The maximum Gasteiger partial charge on any atom is 0.239 e. The maximum atomic E-state index is 12.3. The Hall–Kier alpha value is -2.00. The van der Waals surface area contributed by atoms with Gasteiger partial charge in [0, 0.05) is 18.3 Å². The normalized spacial score (nSPS) is 13.0. The predicted molar refractivity (Wildman–Crippen MR) is 103 cm³/mol. The zero-order valence-electron chi connectivity index (χ0n) is 14.2. The van der Waals surface area contributed by atoms with Crippen LogP contribution in [0.15, 0.2) is 36.4 Å². The van der Waals surface area contributed by atoms with Crippen molar-refractivity contribution in [2.45, 2.75) is 6.54 Å². The molecule has 1 aliphatic heterocycles. The van der Waals surface area contributed by atoms with E-state index in [1.54, 1.807) is 36.4 Å². The molecule has 0 fully saturated rings. The predicted octanol–water partition coefficient (Wildman–Crippen LogP) is 3.12. The van der Waals surface area contributed by atoms with Crippen molar-refractivity contribution >= 4 is 44.8 Å². The number of carbonyl (C=O) groups excluding carboxylic acids is 1. The van der Waals surface area contributed by atoms with Crippen LogP contribution in [-0.4, -0.2) is 38.2 Å². The van der Waals surface area contributed by atoms with Crippen LogP contribution >= 0.6 is 23.2 Å². The van der Waals surface area contributed by atoms with Gasteiger partial charge < -0.3 is 14.8 Å². The molecule has 0 saturated carbocycles. The molecule has 1 aliphatic rings. The molecule has 0 atom stereocenters. The van der Waals surface area contributed by atoms with Gasteiger partial charge in [0.15, 0.2) is 11.5 Å². The lowest BCUT2D eigenvalue weighted by Gasteiger charge is -2.20. The van der Waals surface area contributed by atoms with Gasteiger partial charge in [0.2, 0.25) is 22.7 Å². The third kappa shape index (κ3) is 5.04. The molecule has 3 rings (SSSR count). The minimum absolute atomic E-state index is 0.00964. The second-order valence-corrected chi connectivity index (χ2v) is 8.69. The van der Waals surface area contributed by atoms with Crippen molar-refractivity contribution in [3.8, 4) is 11.5 Å². The summed E-state index contributed by atoms with van der Waals surface area (Å²) in [4.78, 5) is 12.3. The number of fused-ring (bicyclic) bond motifs is 1. The molecule has 0 radical (unpaired) electrons. The van der Waals surface area contributed by atoms with Gasteiger partial charge in [-0.15, -0.1) is 0 Å². The number of ether oxygens (including phenoxy) is 2. The highest BCUT2D eigenvalue weighted by Gasteiger charge is 2.22. The first-order valence-corrected chi connectivity index (χ1v) is 10.4. The van der Waals surface area contributed by atoms with E-state index in [9.17, 15) is 13.2 Å². The highest BCUT2D eigenvalue weighted by atomic mass is 35.5. The van der Waals surface area contributed by atoms with E-state index in [-0.39, 0.29) is 19.9 Å². The number of hydrogen-bond donors (Lipinski definition) is 1. The largest absolute Gasteiger partial charge is 0.454 e. The number of rotatable bonds is 6. The second kappa shape index (κ2) is 7.93. The Bertz CT molecular complexity index is 981. The minimum atomic E-state index is -3.63. The van der Waals surface area contributed by atoms with Gasteiger partial charge in [-0.2, -0.15) is 4.31 Å². The van der Waals surface area contributed by atoms with Crippen LogP contribution in [-0.2, 0) is 21.4 Å². The average molecular weight is 431 g/mol. The number of sulfonamides is 1. The molecule has 1 heterocycles. The quantitative estimate of drug-likeness (QED) is 0.760. The van der Waals surface area contributed by atoms with Crippen molar-refractivity contribution in [3.63, 3.8) is 0 Å². The summed E-state index contributed by atoms with van der Waals surface area (Å²) in [5.41, 5.74) is 1.10.